The van der Waals surface area contributed by atoms with Gasteiger partial charge in [-0.05, 0) is 36.4 Å². The molecule has 3 rings (SSSR count). The summed E-state index contributed by atoms with van der Waals surface area (Å²) < 4.78 is 10.8. The maximum atomic E-state index is 12.5. The van der Waals surface area contributed by atoms with Gasteiger partial charge in [-0.25, -0.2) is 0 Å². The van der Waals surface area contributed by atoms with E-state index in [4.69, 9.17) is 9.15 Å². The minimum atomic E-state index is -0.0194. The van der Waals surface area contributed by atoms with Crippen LogP contribution in [-0.2, 0) is 6.42 Å². The summed E-state index contributed by atoms with van der Waals surface area (Å²) in [7, 11) is 1.60. The van der Waals surface area contributed by atoms with Gasteiger partial charge in [0.25, 0.3) is 0 Å². The molecule has 0 atom stereocenters. The predicted octanol–water partition coefficient (Wildman–Crippen LogP) is 4.23. The van der Waals surface area contributed by atoms with Crippen molar-refractivity contribution in [1.82, 2.24) is 0 Å². The fraction of sp³-hybridized carbons (Fsp3) is 0.167. The van der Waals surface area contributed by atoms with Gasteiger partial charge < -0.3 is 9.15 Å². The highest BCUT2D eigenvalue weighted by molar-refractivity contribution is 6.10. The molecule has 2 aromatic carbocycles. The number of aryl methyl sites for hydroxylation is 1. The third-order valence-electron chi connectivity index (χ3n) is 3.53. The van der Waals surface area contributed by atoms with Crippen molar-refractivity contribution in [2.75, 3.05) is 7.11 Å². The average molecular weight is 280 g/mol. The molecule has 3 aromatic rings. The number of ketones is 1. The Kier molecular flexibility index (Phi) is 3.48. The van der Waals surface area contributed by atoms with Crippen LogP contribution in [0, 0.1) is 0 Å². The zero-order valence-electron chi connectivity index (χ0n) is 12.1. The number of carbonyl (C=O) groups is 1. The molecule has 0 saturated carbocycles. The van der Waals surface area contributed by atoms with E-state index in [0.29, 0.717) is 11.1 Å². The number of rotatable bonds is 4. The standard InChI is InChI=1S/C18H16O3/c1-3-15-10-13-4-5-14(11-17(13)21-15)18(19)12-6-8-16(20-2)9-7-12/h4-11H,3H2,1-2H3. The van der Waals surface area contributed by atoms with Gasteiger partial charge in [0.15, 0.2) is 5.78 Å². The summed E-state index contributed by atoms with van der Waals surface area (Å²) in [5.41, 5.74) is 2.02. The highest BCUT2D eigenvalue weighted by Gasteiger charge is 2.11. The van der Waals surface area contributed by atoms with E-state index in [1.54, 1.807) is 37.4 Å². The van der Waals surface area contributed by atoms with E-state index in [0.717, 1.165) is 28.9 Å². The summed E-state index contributed by atoms with van der Waals surface area (Å²) in [6, 6.07) is 14.7. The van der Waals surface area contributed by atoms with Crippen LogP contribution < -0.4 is 4.74 Å². The van der Waals surface area contributed by atoms with E-state index in [1.807, 2.05) is 25.1 Å². The minimum absolute atomic E-state index is 0.0194. The summed E-state index contributed by atoms with van der Waals surface area (Å²) in [5.74, 6) is 1.65. The molecule has 0 radical (unpaired) electrons. The van der Waals surface area contributed by atoms with Crippen LogP contribution >= 0.6 is 0 Å². The van der Waals surface area contributed by atoms with Crippen LogP contribution in [0.25, 0.3) is 11.0 Å². The van der Waals surface area contributed by atoms with Crippen molar-refractivity contribution in [3.8, 4) is 5.75 Å². The Morgan fingerprint density at radius 1 is 1.05 bits per heavy atom. The van der Waals surface area contributed by atoms with Crippen LogP contribution in [0.15, 0.2) is 52.9 Å². The van der Waals surface area contributed by atoms with Crippen LogP contribution in [0.3, 0.4) is 0 Å². The fourth-order valence-electron chi connectivity index (χ4n) is 2.31. The number of ether oxygens (including phenoxy) is 1. The fourth-order valence-corrected chi connectivity index (χ4v) is 2.31. The van der Waals surface area contributed by atoms with Gasteiger partial charge in [-0.1, -0.05) is 19.1 Å². The molecule has 0 N–H and O–H groups in total. The lowest BCUT2D eigenvalue weighted by molar-refractivity contribution is 0.103. The second-order valence-corrected chi connectivity index (χ2v) is 4.88. The number of hydrogen-bond acceptors (Lipinski definition) is 3. The Balaban J connectivity index is 1.96. The van der Waals surface area contributed by atoms with Crippen molar-refractivity contribution < 1.29 is 13.9 Å². The van der Waals surface area contributed by atoms with E-state index in [2.05, 4.69) is 0 Å². The average Bonchev–Trinajstić information content (AvgIpc) is 2.96. The molecule has 1 heterocycles. The molecule has 0 aliphatic rings. The second kappa shape index (κ2) is 5.44. The van der Waals surface area contributed by atoms with Crippen molar-refractivity contribution in [3.05, 3.63) is 65.4 Å². The highest BCUT2D eigenvalue weighted by atomic mass is 16.5. The molecular weight excluding hydrogens is 264 g/mol. The molecule has 0 spiro atoms. The van der Waals surface area contributed by atoms with Crippen LogP contribution in [0.2, 0.25) is 0 Å². The van der Waals surface area contributed by atoms with Gasteiger partial charge in [0.1, 0.15) is 17.1 Å². The SMILES string of the molecule is CCc1cc2ccc(C(=O)c3ccc(OC)cc3)cc2o1. The Bertz CT molecular complexity index is 782. The van der Waals surface area contributed by atoms with E-state index in [1.165, 1.54) is 0 Å². The van der Waals surface area contributed by atoms with E-state index in [-0.39, 0.29) is 5.78 Å². The quantitative estimate of drug-likeness (QED) is 0.671. The summed E-state index contributed by atoms with van der Waals surface area (Å²) in [6.45, 7) is 2.04. The summed E-state index contributed by atoms with van der Waals surface area (Å²) >= 11 is 0. The smallest absolute Gasteiger partial charge is 0.193 e. The molecule has 3 heteroatoms. The number of fused-ring (bicyclic) bond motifs is 1. The van der Waals surface area contributed by atoms with Crippen molar-refractivity contribution in [2.24, 2.45) is 0 Å². The highest BCUT2D eigenvalue weighted by Crippen LogP contribution is 2.23. The molecule has 0 fully saturated rings. The Labute approximate surface area is 123 Å². The largest absolute Gasteiger partial charge is 0.497 e. The number of carbonyl (C=O) groups excluding carboxylic acids is 1. The van der Waals surface area contributed by atoms with Crippen molar-refractivity contribution in [2.45, 2.75) is 13.3 Å². The maximum Gasteiger partial charge on any atom is 0.193 e. The molecule has 106 valence electrons. The first-order chi connectivity index (χ1) is 10.2. The predicted molar refractivity (Wildman–Crippen MR) is 82.0 cm³/mol. The van der Waals surface area contributed by atoms with Gasteiger partial charge in [-0.15, -0.1) is 0 Å². The topological polar surface area (TPSA) is 39.4 Å². The van der Waals surface area contributed by atoms with Crippen molar-refractivity contribution >= 4 is 16.8 Å². The molecule has 21 heavy (non-hydrogen) atoms. The molecule has 0 bridgehead atoms. The molecule has 0 amide bonds. The van der Waals surface area contributed by atoms with Gasteiger partial charge in [-0.2, -0.15) is 0 Å². The lowest BCUT2D eigenvalue weighted by Crippen LogP contribution is -2.00. The maximum absolute atomic E-state index is 12.5. The second-order valence-electron chi connectivity index (χ2n) is 4.88. The number of benzene rings is 2. The molecule has 0 aliphatic heterocycles. The van der Waals surface area contributed by atoms with Crippen LogP contribution in [-0.4, -0.2) is 12.9 Å². The lowest BCUT2D eigenvalue weighted by atomic mass is 10.0. The van der Waals surface area contributed by atoms with Crippen molar-refractivity contribution in [1.29, 1.82) is 0 Å². The van der Waals surface area contributed by atoms with E-state index in [9.17, 15) is 4.79 Å². The number of methoxy groups -OCH3 is 1. The zero-order chi connectivity index (χ0) is 14.8. The van der Waals surface area contributed by atoms with Gasteiger partial charge >= 0.3 is 0 Å². The first-order valence-electron chi connectivity index (χ1n) is 6.92. The molecule has 1 aromatic heterocycles. The van der Waals surface area contributed by atoms with E-state index < -0.39 is 0 Å². The summed E-state index contributed by atoms with van der Waals surface area (Å²) in [4.78, 5) is 12.5. The number of furan rings is 1. The van der Waals surface area contributed by atoms with E-state index >= 15 is 0 Å². The van der Waals surface area contributed by atoms with Crippen molar-refractivity contribution in [3.63, 3.8) is 0 Å². The van der Waals surface area contributed by atoms with Gasteiger partial charge in [-0.3, -0.25) is 4.79 Å². The molecule has 0 unspecified atom stereocenters. The van der Waals surface area contributed by atoms with Gasteiger partial charge in [0.2, 0.25) is 0 Å². The number of hydrogen-bond donors (Lipinski definition) is 0. The monoisotopic (exact) mass is 280 g/mol. The van der Waals surface area contributed by atoms with Gasteiger partial charge in [0, 0.05) is 22.9 Å². The summed E-state index contributed by atoms with van der Waals surface area (Å²) in [5, 5.41) is 1.03. The van der Waals surface area contributed by atoms with Crippen LogP contribution in [0.5, 0.6) is 5.75 Å². The normalized spacial score (nSPS) is 10.8. The Morgan fingerprint density at radius 2 is 1.76 bits per heavy atom. The first kappa shape index (κ1) is 13.4. The van der Waals surface area contributed by atoms with Crippen LogP contribution in [0.4, 0.5) is 0 Å². The summed E-state index contributed by atoms with van der Waals surface area (Å²) in [6.07, 6.45) is 0.844. The molecule has 0 aliphatic carbocycles. The zero-order valence-corrected chi connectivity index (χ0v) is 12.1. The first-order valence-corrected chi connectivity index (χ1v) is 6.92. The molecule has 3 nitrogen and oxygen atoms in total. The van der Waals surface area contributed by atoms with Gasteiger partial charge in [0.05, 0.1) is 7.11 Å². The minimum Gasteiger partial charge on any atom is -0.497 e. The Morgan fingerprint density at radius 3 is 2.43 bits per heavy atom. The molecule has 0 saturated heterocycles. The molecular formula is C18H16O3. The lowest BCUT2D eigenvalue weighted by Gasteiger charge is -2.03. The van der Waals surface area contributed by atoms with Crippen LogP contribution in [0.1, 0.15) is 28.6 Å². The third-order valence-corrected chi connectivity index (χ3v) is 3.53. The third kappa shape index (κ3) is 2.55. The Hall–Kier alpha value is -2.55.